The molecule has 3 rings (SSSR count). The van der Waals surface area contributed by atoms with Gasteiger partial charge in [0.25, 0.3) is 5.91 Å². The van der Waals surface area contributed by atoms with Gasteiger partial charge in [0.05, 0.1) is 21.3 Å². The number of nitrogens with zero attached hydrogens (tertiary/aromatic N) is 1. The molecule has 7 heteroatoms. The third kappa shape index (κ3) is 4.12. The first kappa shape index (κ1) is 17.7. The first-order chi connectivity index (χ1) is 11.5. The Kier molecular flexibility index (Phi) is 5.82. The van der Waals surface area contributed by atoms with Gasteiger partial charge in [-0.25, -0.2) is 0 Å². The Bertz CT molecular complexity index is 763. The highest BCUT2D eigenvalue weighted by molar-refractivity contribution is 7.99. The summed E-state index contributed by atoms with van der Waals surface area (Å²) in [5.74, 6) is 1.91. The molecule has 2 aromatic rings. The molecule has 1 aliphatic heterocycles. The molecule has 0 unspecified atom stereocenters. The molecule has 1 N–H and O–H groups in total. The van der Waals surface area contributed by atoms with E-state index in [2.05, 4.69) is 10.2 Å². The minimum Gasteiger partial charge on any atom is -0.369 e. The van der Waals surface area contributed by atoms with Crippen molar-refractivity contribution in [1.82, 2.24) is 0 Å². The summed E-state index contributed by atoms with van der Waals surface area (Å²) in [6.45, 7) is 1.97. The highest BCUT2D eigenvalue weighted by Gasteiger charge is 2.16. The summed E-state index contributed by atoms with van der Waals surface area (Å²) in [7, 11) is 0. The van der Waals surface area contributed by atoms with Crippen molar-refractivity contribution in [2.24, 2.45) is 0 Å². The van der Waals surface area contributed by atoms with E-state index in [9.17, 15) is 4.79 Å². The van der Waals surface area contributed by atoms with Gasteiger partial charge in [0.2, 0.25) is 0 Å². The summed E-state index contributed by atoms with van der Waals surface area (Å²) in [6.07, 6.45) is 0. The van der Waals surface area contributed by atoms with Crippen LogP contribution in [0.1, 0.15) is 10.4 Å². The average Bonchev–Trinajstić information content (AvgIpc) is 2.55. The molecule has 24 heavy (non-hydrogen) atoms. The predicted octanol–water partition coefficient (Wildman–Crippen LogP) is 5.45. The summed E-state index contributed by atoms with van der Waals surface area (Å²) in [5, 5.41) is 4.25. The maximum absolute atomic E-state index is 12.3. The lowest BCUT2D eigenvalue weighted by atomic mass is 10.2. The van der Waals surface area contributed by atoms with Crippen LogP contribution in [-0.2, 0) is 0 Å². The third-order valence-electron chi connectivity index (χ3n) is 3.73. The monoisotopic (exact) mass is 400 g/mol. The quantitative estimate of drug-likeness (QED) is 0.742. The highest BCUT2D eigenvalue weighted by Crippen LogP contribution is 2.31. The van der Waals surface area contributed by atoms with Crippen molar-refractivity contribution in [1.29, 1.82) is 0 Å². The number of hydrogen-bond donors (Lipinski definition) is 1. The largest absolute Gasteiger partial charge is 0.369 e. The second kappa shape index (κ2) is 7.87. The van der Waals surface area contributed by atoms with E-state index >= 15 is 0 Å². The zero-order chi connectivity index (χ0) is 17.1. The fraction of sp³-hybridized carbons (Fsp3) is 0.235. The Morgan fingerprint density at radius 1 is 1.00 bits per heavy atom. The first-order valence-corrected chi connectivity index (χ1v) is 9.72. The number of carbonyl (C=O) groups is 1. The lowest BCUT2D eigenvalue weighted by Crippen LogP contribution is -2.32. The molecule has 1 fully saturated rings. The van der Waals surface area contributed by atoms with E-state index in [1.165, 1.54) is 0 Å². The Hall–Kier alpha value is -1.07. The maximum Gasteiger partial charge on any atom is 0.257 e. The molecule has 2 aromatic carbocycles. The van der Waals surface area contributed by atoms with Crippen molar-refractivity contribution in [3.8, 4) is 0 Å². The number of amides is 1. The van der Waals surface area contributed by atoms with Crippen molar-refractivity contribution in [2.45, 2.75) is 0 Å². The topological polar surface area (TPSA) is 32.3 Å². The highest BCUT2D eigenvalue weighted by atomic mass is 35.5. The maximum atomic E-state index is 12.3. The minimum atomic E-state index is -0.296. The van der Waals surface area contributed by atoms with Crippen LogP contribution >= 0.6 is 46.6 Å². The smallest absolute Gasteiger partial charge is 0.257 e. The Morgan fingerprint density at radius 2 is 1.75 bits per heavy atom. The summed E-state index contributed by atoms with van der Waals surface area (Å²) in [6, 6.07) is 10.3. The second-order valence-corrected chi connectivity index (χ2v) is 7.82. The number of nitrogens with one attached hydrogen (secondary N) is 1. The van der Waals surface area contributed by atoms with Gasteiger partial charge in [0.15, 0.2) is 0 Å². The van der Waals surface area contributed by atoms with Gasteiger partial charge in [-0.15, -0.1) is 0 Å². The van der Waals surface area contributed by atoms with Crippen LogP contribution in [0.5, 0.6) is 0 Å². The molecule has 0 aliphatic carbocycles. The van der Waals surface area contributed by atoms with Crippen molar-refractivity contribution >= 4 is 63.8 Å². The Labute approximate surface area is 160 Å². The molecular weight excluding hydrogens is 387 g/mol. The van der Waals surface area contributed by atoms with Gasteiger partial charge >= 0.3 is 0 Å². The van der Waals surface area contributed by atoms with Crippen LogP contribution in [0.3, 0.4) is 0 Å². The van der Waals surface area contributed by atoms with E-state index in [0.29, 0.717) is 26.3 Å². The zero-order valence-electron chi connectivity index (χ0n) is 12.7. The van der Waals surface area contributed by atoms with Gasteiger partial charge in [-0.1, -0.05) is 34.8 Å². The van der Waals surface area contributed by atoms with Crippen LogP contribution in [0.25, 0.3) is 0 Å². The summed E-state index contributed by atoms with van der Waals surface area (Å²) in [4.78, 5) is 14.6. The summed E-state index contributed by atoms with van der Waals surface area (Å²) >= 11 is 20.3. The van der Waals surface area contributed by atoms with Crippen LogP contribution in [-0.4, -0.2) is 30.5 Å². The number of anilines is 2. The summed E-state index contributed by atoms with van der Waals surface area (Å²) < 4.78 is 0. The normalized spacial score (nSPS) is 14.5. The molecule has 3 nitrogen and oxygen atoms in total. The number of halogens is 3. The number of benzene rings is 2. The van der Waals surface area contributed by atoms with Crippen molar-refractivity contribution in [3.63, 3.8) is 0 Å². The first-order valence-electron chi connectivity index (χ1n) is 7.43. The van der Waals surface area contributed by atoms with E-state index < -0.39 is 0 Å². The molecule has 0 atom stereocenters. The van der Waals surface area contributed by atoms with Crippen molar-refractivity contribution in [3.05, 3.63) is 57.0 Å². The van der Waals surface area contributed by atoms with E-state index in [1.807, 2.05) is 23.9 Å². The number of hydrogen-bond acceptors (Lipinski definition) is 3. The lowest BCUT2D eigenvalue weighted by molar-refractivity contribution is 0.102. The van der Waals surface area contributed by atoms with Crippen molar-refractivity contribution < 1.29 is 4.79 Å². The van der Waals surface area contributed by atoms with Crippen LogP contribution < -0.4 is 10.2 Å². The molecule has 126 valence electrons. The van der Waals surface area contributed by atoms with Gasteiger partial charge < -0.3 is 10.2 Å². The molecular formula is C17H15Cl3N2OS. The average molecular weight is 402 g/mol. The molecule has 0 spiro atoms. The van der Waals surface area contributed by atoms with Gasteiger partial charge in [0, 0.05) is 35.3 Å². The molecule has 1 saturated heterocycles. The molecule has 0 radical (unpaired) electrons. The van der Waals surface area contributed by atoms with E-state index in [0.717, 1.165) is 30.3 Å². The second-order valence-electron chi connectivity index (χ2n) is 5.34. The lowest BCUT2D eigenvalue weighted by Gasteiger charge is -2.29. The standard InChI is InChI=1S/C17H15Cl3N2OS/c18-11-1-3-13(14(19)9-11)17(23)21-12-2-4-16(15(20)10-12)22-5-7-24-8-6-22/h1-4,9-10H,5-8H2,(H,21,23). The number of rotatable bonds is 3. The molecule has 1 amide bonds. The zero-order valence-corrected chi connectivity index (χ0v) is 15.8. The summed E-state index contributed by atoms with van der Waals surface area (Å²) in [5.41, 5.74) is 2.00. The fourth-order valence-electron chi connectivity index (χ4n) is 2.52. The molecule has 0 saturated carbocycles. The van der Waals surface area contributed by atoms with Gasteiger partial charge in [-0.3, -0.25) is 4.79 Å². The predicted molar refractivity (Wildman–Crippen MR) is 105 cm³/mol. The molecule has 0 aromatic heterocycles. The van der Waals surface area contributed by atoms with Gasteiger partial charge in [0.1, 0.15) is 0 Å². The SMILES string of the molecule is O=C(Nc1ccc(N2CCSCC2)c(Cl)c1)c1ccc(Cl)cc1Cl. The molecule has 0 bridgehead atoms. The van der Waals surface area contributed by atoms with Gasteiger partial charge in [-0.05, 0) is 36.4 Å². The Balaban J connectivity index is 1.75. The van der Waals surface area contributed by atoms with Crippen LogP contribution in [0.2, 0.25) is 15.1 Å². The van der Waals surface area contributed by atoms with Crippen LogP contribution in [0, 0.1) is 0 Å². The van der Waals surface area contributed by atoms with E-state index in [4.69, 9.17) is 34.8 Å². The molecule has 1 aliphatic rings. The van der Waals surface area contributed by atoms with Crippen molar-refractivity contribution in [2.75, 3.05) is 34.8 Å². The number of carbonyl (C=O) groups excluding carboxylic acids is 1. The number of thioether (sulfide) groups is 1. The molecule has 1 heterocycles. The van der Waals surface area contributed by atoms with Gasteiger partial charge in [-0.2, -0.15) is 11.8 Å². The van der Waals surface area contributed by atoms with Crippen LogP contribution in [0.4, 0.5) is 11.4 Å². The third-order valence-corrected chi connectivity index (χ3v) is 5.53. The fourth-order valence-corrected chi connectivity index (χ4v) is 4.21. The Morgan fingerprint density at radius 3 is 2.42 bits per heavy atom. The minimum absolute atomic E-state index is 0.296. The van der Waals surface area contributed by atoms with E-state index in [-0.39, 0.29) is 5.91 Å². The van der Waals surface area contributed by atoms with Crippen LogP contribution in [0.15, 0.2) is 36.4 Å². The van der Waals surface area contributed by atoms with E-state index in [1.54, 1.807) is 24.3 Å².